The Morgan fingerprint density at radius 1 is 1.55 bits per heavy atom. The first kappa shape index (κ1) is 8.44. The summed E-state index contributed by atoms with van der Waals surface area (Å²) in [5.74, 6) is 0.274. The molecule has 2 heteroatoms. The Morgan fingerprint density at radius 3 is 2.82 bits per heavy atom. The summed E-state index contributed by atoms with van der Waals surface area (Å²) in [5, 5.41) is 0. The summed E-state index contributed by atoms with van der Waals surface area (Å²) in [6, 6.07) is 0. The molecule has 1 unspecified atom stereocenters. The number of rotatable bonds is 2. The molecule has 0 N–H and O–H groups in total. The van der Waals surface area contributed by atoms with Crippen molar-refractivity contribution in [3.63, 3.8) is 0 Å². The van der Waals surface area contributed by atoms with Gasteiger partial charge in [-0.1, -0.05) is 13.3 Å². The zero-order valence-electron chi connectivity index (χ0n) is 6.93. The van der Waals surface area contributed by atoms with Gasteiger partial charge in [-0.2, -0.15) is 0 Å². The number of carbonyl (C=O) groups excluding carboxylic acids is 2. The molecule has 0 saturated heterocycles. The van der Waals surface area contributed by atoms with Gasteiger partial charge in [-0.25, -0.2) is 0 Å². The molecular weight excluding hydrogens is 140 g/mol. The van der Waals surface area contributed by atoms with E-state index < -0.39 is 0 Å². The zero-order chi connectivity index (χ0) is 8.32. The highest BCUT2D eigenvalue weighted by atomic mass is 16.1. The Balaban J connectivity index is 2.64. The lowest BCUT2D eigenvalue weighted by Crippen LogP contribution is -2.31. The van der Waals surface area contributed by atoms with E-state index in [9.17, 15) is 9.59 Å². The smallest absolute Gasteiger partial charge is 0.139 e. The van der Waals surface area contributed by atoms with Crippen molar-refractivity contribution in [2.24, 2.45) is 5.41 Å². The van der Waals surface area contributed by atoms with E-state index in [1.54, 1.807) is 0 Å². The first-order valence-corrected chi connectivity index (χ1v) is 4.16. The molecule has 0 aromatic heterocycles. The van der Waals surface area contributed by atoms with Crippen molar-refractivity contribution in [2.75, 3.05) is 0 Å². The third-order valence-corrected chi connectivity index (χ3v) is 2.59. The minimum absolute atomic E-state index is 0.274. The van der Waals surface area contributed by atoms with Crippen LogP contribution in [0, 0.1) is 5.41 Å². The van der Waals surface area contributed by atoms with Gasteiger partial charge in [0.25, 0.3) is 0 Å². The molecule has 1 rings (SSSR count). The molecular formula is C9H14O2. The van der Waals surface area contributed by atoms with Gasteiger partial charge in [0.15, 0.2) is 0 Å². The molecule has 11 heavy (non-hydrogen) atoms. The zero-order valence-corrected chi connectivity index (χ0v) is 6.93. The average molecular weight is 154 g/mol. The van der Waals surface area contributed by atoms with Crippen LogP contribution in [-0.2, 0) is 9.59 Å². The van der Waals surface area contributed by atoms with E-state index in [1.165, 1.54) is 0 Å². The Kier molecular flexibility index (Phi) is 2.42. The Hall–Kier alpha value is -0.660. The highest BCUT2D eigenvalue weighted by Gasteiger charge is 2.34. The van der Waals surface area contributed by atoms with Crippen LogP contribution in [0.5, 0.6) is 0 Å². The molecule has 2 nitrogen and oxygen atoms in total. The fourth-order valence-electron chi connectivity index (χ4n) is 1.64. The van der Waals surface area contributed by atoms with Gasteiger partial charge in [-0.05, 0) is 12.8 Å². The highest BCUT2D eigenvalue weighted by molar-refractivity contribution is 5.87. The highest BCUT2D eigenvalue weighted by Crippen LogP contribution is 2.34. The summed E-state index contributed by atoms with van der Waals surface area (Å²) in [6.07, 6.45) is 4.94. The topological polar surface area (TPSA) is 34.1 Å². The van der Waals surface area contributed by atoms with Gasteiger partial charge >= 0.3 is 0 Å². The lowest BCUT2D eigenvalue weighted by atomic mass is 9.73. The van der Waals surface area contributed by atoms with Crippen molar-refractivity contribution in [3.05, 3.63) is 0 Å². The lowest BCUT2D eigenvalue weighted by molar-refractivity contribution is -0.132. The largest absolute Gasteiger partial charge is 0.303 e. The van der Waals surface area contributed by atoms with Crippen LogP contribution < -0.4 is 0 Å². The summed E-state index contributed by atoms with van der Waals surface area (Å²) in [6.45, 7) is 1.91. The molecule has 0 bridgehead atoms. The quantitative estimate of drug-likeness (QED) is 0.567. The van der Waals surface area contributed by atoms with Gasteiger partial charge < -0.3 is 4.79 Å². The van der Waals surface area contributed by atoms with Gasteiger partial charge in [0, 0.05) is 18.3 Å². The molecule has 0 aromatic rings. The maximum Gasteiger partial charge on any atom is 0.139 e. The summed E-state index contributed by atoms with van der Waals surface area (Å²) in [5.41, 5.74) is -0.319. The lowest BCUT2D eigenvalue weighted by Gasteiger charge is -2.29. The summed E-state index contributed by atoms with van der Waals surface area (Å²) < 4.78 is 0. The van der Waals surface area contributed by atoms with Gasteiger partial charge in [-0.15, -0.1) is 0 Å². The van der Waals surface area contributed by atoms with Gasteiger partial charge in [0.05, 0.1) is 0 Å². The van der Waals surface area contributed by atoms with Crippen molar-refractivity contribution >= 4 is 12.1 Å². The number of ketones is 1. The van der Waals surface area contributed by atoms with Gasteiger partial charge in [-0.3, -0.25) is 4.79 Å². The summed E-state index contributed by atoms with van der Waals surface area (Å²) in [7, 11) is 0. The van der Waals surface area contributed by atoms with E-state index in [0.29, 0.717) is 12.8 Å². The number of hydrogen-bond acceptors (Lipinski definition) is 2. The molecule has 1 fully saturated rings. The molecule has 1 saturated carbocycles. The number of aldehydes is 1. The van der Waals surface area contributed by atoms with Crippen molar-refractivity contribution in [1.82, 2.24) is 0 Å². The minimum atomic E-state index is -0.319. The molecule has 0 heterocycles. The third kappa shape index (κ3) is 1.67. The first-order valence-electron chi connectivity index (χ1n) is 4.16. The molecule has 62 valence electrons. The molecule has 0 spiro atoms. The van der Waals surface area contributed by atoms with Crippen LogP contribution in [0.25, 0.3) is 0 Å². The summed E-state index contributed by atoms with van der Waals surface area (Å²) in [4.78, 5) is 21.6. The number of carbonyl (C=O) groups is 2. The van der Waals surface area contributed by atoms with Crippen LogP contribution in [0.1, 0.15) is 39.0 Å². The molecule has 0 aromatic carbocycles. The molecule has 0 radical (unpaired) electrons. The van der Waals surface area contributed by atoms with Crippen LogP contribution in [0.2, 0.25) is 0 Å². The Bertz CT molecular complexity index is 174. The van der Waals surface area contributed by atoms with Gasteiger partial charge in [0.1, 0.15) is 12.1 Å². The second-order valence-corrected chi connectivity index (χ2v) is 3.56. The maximum absolute atomic E-state index is 11.3. The van der Waals surface area contributed by atoms with E-state index in [1.807, 2.05) is 6.92 Å². The minimum Gasteiger partial charge on any atom is -0.303 e. The van der Waals surface area contributed by atoms with E-state index >= 15 is 0 Å². The van der Waals surface area contributed by atoms with Crippen LogP contribution in [0.15, 0.2) is 0 Å². The average Bonchev–Trinajstić information content (AvgIpc) is 1.96. The monoisotopic (exact) mass is 154 g/mol. The first-order chi connectivity index (χ1) is 5.19. The van der Waals surface area contributed by atoms with E-state index in [-0.39, 0.29) is 11.2 Å². The molecule has 1 atom stereocenters. The third-order valence-electron chi connectivity index (χ3n) is 2.59. The molecule has 1 aliphatic rings. The fourth-order valence-corrected chi connectivity index (χ4v) is 1.64. The second-order valence-electron chi connectivity index (χ2n) is 3.56. The van der Waals surface area contributed by atoms with Gasteiger partial charge in [0.2, 0.25) is 0 Å². The van der Waals surface area contributed by atoms with Crippen molar-refractivity contribution in [3.8, 4) is 0 Å². The van der Waals surface area contributed by atoms with E-state index in [4.69, 9.17) is 0 Å². The predicted molar refractivity (Wildman–Crippen MR) is 42.3 cm³/mol. The number of hydrogen-bond donors (Lipinski definition) is 0. The van der Waals surface area contributed by atoms with Crippen LogP contribution in [-0.4, -0.2) is 12.1 Å². The molecule has 0 amide bonds. The standard InChI is InChI=1S/C9H14O2/c1-9(6-7-10)5-3-2-4-8(9)11/h7H,2-6H2,1H3. The molecule has 1 aliphatic carbocycles. The predicted octanol–water partition coefficient (Wildman–Crippen LogP) is 1.72. The Morgan fingerprint density at radius 2 is 2.27 bits per heavy atom. The SMILES string of the molecule is CC1(CC=O)CCCCC1=O. The van der Waals surface area contributed by atoms with Crippen molar-refractivity contribution in [1.29, 1.82) is 0 Å². The Labute approximate surface area is 67.0 Å². The van der Waals surface area contributed by atoms with Crippen LogP contribution in [0.4, 0.5) is 0 Å². The van der Waals surface area contributed by atoms with Crippen LogP contribution in [0.3, 0.4) is 0 Å². The maximum atomic E-state index is 11.3. The molecule has 0 aliphatic heterocycles. The normalized spacial score (nSPS) is 31.9. The number of Topliss-reactive ketones (excluding diaryl/α,β-unsaturated/α-hetero) is 1. The second kappa shape index (κ2) is 3.16. The summed E-state index contributed by atoms with van der Waals surface area (Å²) >= 11 is 0. The van der Waals surface area contributed by atoms with Crippen molar-refractivity contribution < 1.29 is 9.59 Å². The van der Waals surface area contributed by atoms with E-state index in [2.05, 4.69) is 0 Å². The van der Waals surface area contributed by atoms with Crippen molar-refractivity contribution in [2.45, 2.75) is 39.0 Å². The van der Waals surface area contributed by atoms with Crippen LogP contribution >= 0.6 is 0 Å². The fraction of sp³-hybridized carbons (Fsp3) is 0.778. The van der Waals surface area contributed by atoms with E-state index in [0.717, 1.165) is 25.5 Å².